The van der Waals surface area contributed by atoms with E-state index in [0.717, 1.165) is 5.56 Å². The second-order valence-corrected chi connectivity index (χ2v) is 2.83. The van der Waals surface area contributed by atoms with Crippen LogP contribution in [0.15, 0.2) is 12.1 Å². The SMILES string of the molecule is Cc1ccc2c(c1O)COC2=O. The number of hydrogen-bond donors (Lipinski definition) is 1. The molecule has 0 saturated heterocycles. The molecular weight excluding hydrogens is 156 g/mol. The van der Waals surface area contributed by atoms with E-state index in [1.165, 1.54) is 0 Å². The van der Waals surface area contributed by atoms with Gasteiger partial charge >= 0.3 is 5.97 Å². The van der Waals surface area contributed by atoms with Crippen molar-refractivity contribution in [2.24, 2.45) is 0 Å². The second-order valence-electron chi connectivity index (χ2n) is 2.83. The van der Waals surface area contributed by atoms with E-state index in [0.29, 0.717) is 11.1 Å². The smallest absolute Gasteiger partial charge is 0.339 e. The highest BCUT2D eigenvalue weighted by atomic mass is 16.5. The lowest BCUT2D eigenvalue weighted by Gasteiger charge is -2.01. The molecule has 1 aromatic rings. The van der Waals surface area contributed by atoms with E-state index in [1.54, 1.807) is 19.1 Å². The molecule has 1 aliphatic heterocycles. The van der Waals surface area contributed by atoms with E-state index < -0.39 is 0 Å². The molecule has 1 N–H and O–H groups in total. The van der Waals surface area contributed by atoms with E-state index in [1.807, 2.05) is 0 Å². The Morgan fingerprint density at radius 2 is 2.25 bits per heavy atom. The molecule has 12 heavy (non-hydrogen) atoms. The highest BCUT2D eigenvalue weighted by molar-refractivity contribution is 5.94. The summed E-state index contributed by atoms with van der Waals surface area (Å²) in [5, 5.41) is 9.50. The molecule has 1 aliphatic rings. The molecule has 3 heteroatoms. The standard InChI is InChI=1S/C9H8O3/c1-5-2-3-6-7(8(5)10)4-12-9(6)11/h2-3,10H,4H2,1H3. The summed E-state index contributed by atoms with van der Waals surface area (Å²) < 4.78 is 4.76. The number of aromatic hydroxyl groups is 1. The normalized spacial score (nSPS) is 14.2. The summed E-state index contributed by atoms with van der Waals surface area (Å²) >= 11 is 0. The Morgan fingerprint density at radius 1 is 1.50 bits per heavy atom. The zero-order valence-electron chi connectivity index (χ0n) is 6.63. The van der Waals surface area contributed by atoms with Gasteiger partial charge < -0.3 is 9.84 Å². The molecule has 2 rings (SSSR count). The van der Waals surface area contributed by atoms with Crippen molar-refractivity contribution in [3.8, 4) is 5.75 Å². The first-order valence-electron chi connectivity index (χ1n) is 3.68. The second kappa shape index (κ2) is 2.24. The third-order valence-corrected chi connectivity index (χ3v) is 2.05. The van der Waals surface area contributed by atoms with Gasteiger partial charge in [0.05, 0.1) is 5.56 Å². The fraction of sp³-hybridized carbons (Fsp3) is 0.222. The summed E-state index contributed by atoms with van der Waals surface area (Å²) in [5.74, 6) is -0.168. The summed E-state index contributed by atoms with van der Waals surface area (Å²) in [6.45, 7) is 1.99. The Hall–Kier alpha value is -1.51. The summed E-state index contributed by atoms with van der Waals surface area (Å²) in [5.41, 5.74) is 1.87. The number of ether oxygens (including phenoxy) is 1. The number of cyclic esters (lactones) is 1. The first-order chi connectivity index (χ1) is 5.70. The van der Waals surface area contributed by atoms with E-state index in [9.17, 15) is 9.90 Å². The Labute approximate surface area is 69.6 Å². The number of phenolic OH excluding ortho intramolecular Hbond substituents is 1. The number of carbonyl (C=O) groups excluding carboxylic acids is 1. The molecule has 0 radical (unpaired) electrons. The van der Waals surface area contributed by atoms with Gasteiger partial charge in [0.15, 0.2) is 0 Å². The molecule has 0 saturated carbocycles. The van der Waals surface area contributed by atoms with Crippen molar-refractivity contribution < 1.29 is 14.6 Å². The number of fused-ring (bicyclic) bond motifs is 1. The number of rotatable bonds is 0. The molecule has 0 aliphatic carbocycles. The van der Waals surface area contributed by atoms with Crippen LogP contribution < -0.4 is 0 Å². The molecule has 0 bridgehead atoms. The average molecular weight is 164 g/mol. The lowest BCUT2D eigenvalue weighted by molar-refractivity contribution is 0.0534. The van der Waals surface area contributed by atoms with Crippen LogP contribution in [0.2, 0.25) is 0 Å². The maximum Gasteiger partial charge on any atom is 0.339 e. The first-order valence-corrected chi connectivity index (χ1v) is 3.68. The molecule has 62 valence electrons. The lowest BCUT2D eigenvalue weighted by Crippen LogP contribution is -1.93. The maximum absolute atomic E-state index is 11.0. The zero-order chi connectivity index (χ0) is 8.72. The topological polar surface area (TPSA) is 46.5 Å². The van der Waals surface area contributed by atoms with Gasteiger partial charge in [-0.2, -0.15) is 0 Å². The number of aryl methyl sites for hydroxylation is 1. The minimum Gasteiger partial charge on any atom is -0.507 e. The van der Waals surface area contributed by atoms with Crippen LogP contribution in [0.5, 0.6) is 5.75 Å². The average Bonchev–Trinajstić information content (AvgIpc) is 2.41. The van der Waals surface area contributed by atoms with Gasteiger partial charge in [0, 0.05) is 5.56 Å². The highest BCUT2D eigenvalue weighted by Gasteiger charge is 2.24. The third-order valence-electron chi connectivity index (χ3n) is 2.05. The van der Waals surface area contributed by atoms with Gasteiger partial charge in [-0.1, -0.05) is 6.07 Å². The van der Waals surface area contributed by atoms with Crippen LogP contribution in [-0.4, -0.2) is 11.1 Å². The summed E-state index contributed by atoms with van der Waals surface area (Å²) in [4.78, 5) is 11.0. The molecular formula is C9H8O3. The third kappa shape index (κ3) is 0.794. The van der Waals surface area contributed by atoms with E-state index in [-0.39, 0.29) is 18.3 Å². The molecule has 0 fully saturated rings. The van der Waals surface area contributed by atoms with Gasteiger partial charge in [0.1, 0.15) is 12.4 Å². The number of hydrogen-bond acceptors (Lipinski definition) is 3. The quantitative estimate of drug-likeness (QED) is 0.589. The van der Waals surface area contributed by atoms with Gasteiger partial charge in [0.2, 0.25) is 0 Å². The maximum atomic E-state index is 11.0. The highest BCUT2D eigenvalue weighted by Crippen LogP contribution is 2.30. The summed E-state index contributed by atoms with van der Waals surface area (Å²) in [7, 11) is 0. The molecule has 3 nitrogen and oxygen atoms in total. The van der Waals surface area contributed by atoms with Crippen molar-refractivity contribution in [2.45, 2.75) is 13.5 Å². The fourth-order valence-corrected chi connectivity index (χ4v) is 1.31. The summed E-state index contributed by atoms with van der Waals surface area (Å²) in [6.07, 6.45) is 0. The van der Waals surface area contributed by atoms with Crippen molar-refractivity contribution in [2.75, 3.05) is 0 Å². The van der Waals surface area contributed by atoms with Gasteiger partial charge in [-0.15, -0.1) is 0 Å². The van der Waals surface area contributed by atoms with Crippen LogP contribution in [0.3, 0.4) is 0 Å². The molecule has 0 spiro atoms. The number of benzene rings is 1. The zero-order valence-corrected chi connectivity index (χ0v) is 6.63. The molecule has 0 unspecified atom stereocenters. The van der Waals surface area contributed by atoms with Crippen molar-refractivity contribution in [3.63, 3.8) is 0 Å². The van der Waals surface area contributed by atoms with Crippen LogP contribution in [0, 0.1) is 6.92 Å². The Balaban J connectivity index is 2.68. The van der Waals surface area contributed by atoms with E-state index >= 15 is 0 Å². The molecule has 0 aromatic heterocycles. The Bertz CT molecular complexity index is 355. The minimum absolute atomic E-state index is 0.179. The van der Waals surface area contributed by atoms with Crippen molar-refractivity contribution >= 4 is 5.97 Å². The van der Waals surface area contributed by atoms with E-state index in [2.05, 4.69) is 0 Å². The number of esters is 1. The minimum atomic E-state index is -0.347. The van der Waals surface area contributed by atoms with Gasteiger partial charge in [-0.05, 0) is 18.6 Å². The largest absolute Gasteiger partial charge is 0.507 e. The van der Waals surface area contributed by atoms with Crippen LogP contribution in [0.4, 0.5) is 0 Å². The molecule has 0 atom stereocenters. The molecule has 0 amide bonds. The predicted molar refractivity (Wildman–Crippen MR) is 42.0 cm³/mol. The molecule has 1 aromatic carbocycles. The van der Waals surface area contributed by atoms with Crippen LogP contribution in [-0.2, 0) is 11.3 Å². The Morgan fingerprint density at radius 3 is 3.00 bits per heavy atom. The van der Waals surface area contributed by atoms with Gasteiger partial charge in [-0.25, -0.2) is 4.79 Å². The van der Waals surface area contributed by atoms with Crippen LogP contribution in [0.25, 0.3) is 0 Å². The number of carbonyl (C=O) groups is 1. The number of phenols is 1. The fourth-order valence-electron chi connectivity index (χ4n) is 1.31. The van der Waals surface area contributed by atoms with Crippen molar-refractivity contribution in [1.82, 2.24) is 0 Å². The first kappa shape index (κ1) is 7.16. The lowest BCUT2D eigenvalue weighted by atomic mass is 10.1. The van der Waals surface area contributed by atoms with Crippen molar-refractivity contribution in [3.05, 3.63) is 28.8 Å². The van der Waals surface area contributed by atoms with Gasteiger partial charge in [-0.3, -0.25) is 0 Å². The monoisotopic (exact) mass is 164 g/mol. The summed E-state index contributed by atoms with van der Waals surface area (Å²) in [6, 6.07) is 3.39. The van der Waals surface area contributed by atoms with Crippen molar-refractivity contribution in [1.29, 1.82) is 0 Å². The predicted octanol–water partition coefficient (Wildman–Crippen LogP) is 1.37. The molecule has 1 heterocycles. The Kier molecular flexibility index (Phi) is 1.33. The van der Waals surface area contributed by atoms with Gasteiger partial charge in [0.25, 0.3) is 0 Å². The van der Waals surface area contributed by atoms with Crippen LogP contribution >= 0.6 is 0 Å². The van der Waals surface area contributed by atoms with E-state index in [4.69, 9.17) is 4.74 Å². The van der Waals surface area contributed by atoms with Crippen LogP contribution in [0.1, 0.15) is 21.5 Å².